The molecule has 0 aliphatic heterocycles. The van der Waals surface area contributed by atoms with Crippen molar-refractivity contribution in [3.8, 4) is 0 Å². The number of allylic oxidation sites excluding steroid dienone is 15. The lowest BCUT2D eigenvalue weighted by Crippen LogP contribution is -2.45. The molecule has 458 valence electrons. The molecule has 79 heavy (non-hydrogen) atoms. The first-order valence-corrected chi connectivity index (χ1v) is 34.6. The predicted molar refractivity (Wildman–Crippen MR) is 346 cm³/mol. The van der Waals surface area contributed by atoms with Crippen LogP contribution in [0.5, 0.6) is 0 Å². The molecule has 0 bridgehead atoms. The number of quaternary nitrogens is 1. The number of carbonyl (C=O) groups excluding carboxylic acids is 1. The van der Waals surface area contributed by atoms with Crippen LogP contribution in [0.25, 0.3) is 0 Å². The molecule has 0 radical (unpaired) electrons. The van der Waals surface area contributed by atoms with Gasteiger partial charge < -0.3 is 19.8 Å². The van der Waals surface area contributed by atoms with Crippen molar-refractivity contribution in [2.75, 3.05) is 40.9 Å². The zero-order valence-electron chi connectivity index (χ0n) is 52.3. The summed E-state index contributed by atoms with van der Waals surface area (Å²) in [5.41, 5.74) is 0. The number of aliphatic hydroxyl groups excluding tert-OH is 1. The quantitative estimate of drug-likeness (QED) is 0.0243. The van der Waals surface area contributed by atoms with Gasteiger partial charge in [0.2, 0.25) is 5.91 Å². The van der Waals surface area contributed by atoms with Gasteiger partial charge >= 0.3 is 7.82 Å². The summed E-state index contributed by atoms with van der Waals surface area (Å²) in [5.74, 6) is -0.190. The fourth-order valence-electron chi connectivity index (χ4n) is 9.40. The van der Waals surface area contributed by atoms with Crippen LogP contribution in [0.15, 0.2) is 97.2 Å². The van der Waals surface area contributed by atoms with Crippen molar-refractivity contribution in [2.45, 2.75) is 302 Å². The van der Waals surface area contributed by atoms with Crippen molar-refractivity contribution < 1.29 is 32.9 Å². The zero-order valence-corrected chi connectivity index (χ0v) is 53.2. The van der Waals surface area contributed by atoms with E-state index in [4.69, 9.17) is 9.05 Å². The van der Waals surface area contributed by atoms with E-state index < -0.39 is 20.0 Å². The minimum Gasteiger partial charge on any atom is -0.387 e. The highest BCUT2D eigenvalue weighted by molar-refractivity contribution is 7.47. The summed E-state index contributed by atoms with van der Waals surface area (Å²) >= 11 is 0. The van der Waals surface area contributed by atoms with Crippen LogP contribution in [0.2, 0.25) is 0 Å². The van der Waals surface area contributed by atoms with Crippen molar-refractivity contribution >= 4 is 13.7 Å². The first-order chi connectivity index (χ1) is 38.5. The molecule has 0 aliphatic rings. The summed E-state index contributed by atoms with van der Waals surface area (Å²) in [4.78, 5) is 23.4. The third-order valence-electron chi connectivity index (χ3n) is 14.5. The number of nitrogens with one attached hydrogen (secondary N) is 1. The van der Waals surface area contributed by atoms with Crippen LogP contribution in [-0.2, 0) is 18.4 Å². The molecule has 0 aliphatic carbocycles. The zero-order chi connectivity index (χ0) is 57.7. The van der Waals surface area contributed by atoms with E-state index in [1.54, 1.807) is 6.08 Å². The second-order valence-electron chi connectivity index (χ2n) is 23.4. The molecular formula is C70H128N2O6P+. The average Bonchev–Trinajstić information content (AvgIpc) is 3.42. The molecule has 0 saturated heterocycles. The Bertz CT molecular complexity index is 1610. The van der Waals surface area contributed by atoms with E-state index in [9.17, 15) is 19.4 Å². The number of hydrogen-bond acceptors (Lipinski definition) is 5. The van der Waals surface area contributed by atoms with Gasteiger partial charge in [0.1, 0.15) is 13.2 Å². The molecule has 0 saturated carbocycles. The lowest BCUT2D eigenvalue weighted by molar-refractivity contribution is -0.870. The molecule has 0 fully saturated rings. The molecular weight excluding hydrogens is 996 g/mol. The number of amides is 1. The minimum absolute atomic E-state index is 0.0510. The Morgan fingerprint density at radius 3 is 1.16 bits per heavy atom. The summed E-state index contributed by atoms with van der Waals surface area (Å²) < 4.78 is 23.8. The smallest absolute Gasteiger partial charge is 0.387 e. The second-order valence-corrected chi connectivity index (χ2v) is 24.9. The maximum absolute atomic E-state index is 13.0. The largest absolute Gasteiger partial charge is 0.472 e. The molecule has 9 heteroatoms. The van der Waals surface area contributed by atoms with Crippen LogP contribution in [-0.4, -0.2) is 73.4 Å². The molecule has 1 amide bonds. The molecule has 0 aromatic carbocycles. The Labute approximate surface area is 489 Å². The lowest BCUT2D eigenvalue weighted by atomic mass is 10.0. The number of nitrogens with zero attached hydrogens (tertiary/aromatic N) is 1. The fourth-order valence-corrected chi connectivity index (χ4v) is 10.1. The predicted octanol–water partition coefficient (Wildman–Crippen LogP) is 20.9. The third-order valence-corrected chi connectivity index (χ3v) is 15.5. The number of aliphatic hydroxyl groups is 1. The number of likely N-dealkylation sites (N-methyl/N-ethyl adjacent to an activating group) is 1. The number of unbranched alkanes of at least 4 members (excludes halogenated alkanes) is 33. The van der Waals surface area contributed by atoms with Crippen molar-refractivity contribution in [3.05, 3.63) is 97.2 Å². The van der Waals surface area contributed by atoms with Crippen LogP contribution in [0.3, 0.4) is 0 Å². The van der Waals surface area contributed by atoms with Crippen LogP contribution in [0, 0.1) is 0 Å². The van der Waals surface area contributed by atoms with Gasteiger partial charge in [-0.1, -0.05) is 291 Å². The molecule has 0 aromatic heterocycles. The lowest BCUT2D eigenvalue weighted by Gasteiger charge is -2.25. The molecule has 0 heterocycles. The highest BCUT2D eigenvalue weighted by atomic mass is 31.2. The monoisotopic (exact) mass is 1120 g/mol. The third kappa shape index (κ3) is 62.9. The Hall–Kier alpha value is -2.58. The van der Waals surface area contributed by atoms with Gasteiger partial charge in [-0.3, -0.25) is 13.8 Å². The standard InChI is InChI=1S/C70H127N2O6P/c1-6-8-10-12-14-16-18-20-22-24-26-28-30-32-33-34-35-36-37-38-39-40-42-44-46-48-50-52-54-56-58-60-62-64-70(74)71-68(67-78-79(75,76)77-66-65-72(3,4)5)69(73)63-61-59-57-55-53-51-49-47-45-43-41-31-29-27-25-23-21-19-17-15-13-11-9-7-2/h8,10,14,16,20,22,26,28,32-33,45,47,53,55,61,63,68-69,73H,6-7,9,11-13,15,17-19,21,23-25,27,29-31,34-44,46,48-52,54,56-60,62,64-67H2,1-5H3,(H-,71,74,75,76)/p+1/b10-8-,16-14-,22-20-,28-26-,33-32-,47-45+,55-53+,63-61+. The van der Waals surface area contributed by atoms with E-state index in [2.05, 4.69) is 104 Å². The number of hydrogen-bond donors (Lipinski definition) is 3. The van der Waals surface area contributed by atoms with Gasteiger partial charge in [0, 0.05) is 6.42 Å². The van der Waals surface area contributed by atoms with Gasteiger partial charge in [-0.25, -0.2) is 4.57 Å². The average molecular weight is 1120 g/mol. The Morgan fingerprint density at radius 2 is 0.772 bits per heavy atom. The fraction of sp³-hybridized carbons (Fsp3) is 0.757. The van der Waals surface area contributed by atoms with Crippen LogP contribution in [0.1, 0.15) is 290 Å². The Kier molecular flexibility index (Phi) is 58.1. The maximum atomic E-state index is 13.0. The van der Waals surface area contributed by atoms with Gasteiger partial charge in [0.15, 0.2) is 0 Å². The van der Waals surface area contributed by atoms with E-state index in [1.807, 2.05) is 27.2 Å². The topological polar surface area (TPSA) is 105 Å². The second kappa shape index (κ2) is 60.0. The van der Waals surface area contributed by atoms with Gasteiger partial charge in [0.25, 0.3) is 0 Å². The first-order valence-electron chi connectivity index (χ1n) is 33.1. The minimum atomic E-state index is -4.37. The number of phosphoric acid groups is 1. The number of phosphoric ester groups is 1. The van der Waals surface area contributed by atoms with Crippen molar-refractivity contribution in [2.24, 2.45) is 0 Å². The molecule has 3 N–H and O–H groups in total. The summed E-state index contributed by atoms with van der Waals surface area (Å²) in [5, 5.41) is 14.0. The van der Waals surface area contributed by atoms with Gasteiger partial charge in [0.05, 0.1) is 39.9 Å². The van der Waals surface area contributed by atoms with Crippen molar-refractivity contribution in [1.82, 2.24) is 5.32 Å². The SMILES string of the molecule is CC/C=C\C/C=C\C/C=C\C/C=C\C/C=C\CCCCCCCCCCCCCCCCCCCC(=O)NC(COP(=O)(O)OCC[N+](C)(C)C)C(O)/C=C/CC/C=C/CC/C=C/CCCCCCCCCCCCCCCC. The number of carbonyl (C=O) groups is 1. The van der Waals surface area contributed by atoms with Crippen molar-refractivity contribution in [1.29, 1.82) is 0 Å². The summed E-state index contributed by atoms with van der Waals surface area (Å²) in [7, 11) is 1.55. The molecule has 3 unspecified atom stereocenters. The Morgan fingerprint density at radius 1 is 0.443 bits per heavy atom. The molecule has 0 aromatic rings. The summed E-state index contributed by atoms with van der Waals surface area (Å²) in [6.45, 7) is 4.70. The molecule has 3 atom stereocenters. The summed E-state index contributed by atoms with van der Waals surface area (Å²) in [6, 6.07) is -0.875. The highest BCUT2D eigenvalue weighted by Crippen LogP contribution is 2.43. The molecule has 8 nitrogen and oxygen atoms in total. The normalized spacial score (nSPS) is 14.4. The van der Waals surface area contributed by atoms with E-state index in [1.165, 1.54) is 193 Å². The van der Waals surface area contributed by atoms with E-state index in [0.717, 1.165) is 77.0 Å². The van der Waals surface area contributed by atoms with E-state index >= 15 is 0 Å². The molecule has 0 spiro atoms. The van der Waals surface area contributed by atoms with E-state index in [0.29, 0.717) is 17.4 Å². The maximum Gasteiger partial charge on any atom is 0.472 e. The van der Waals surface area contributed by atoms with Crippen molar-refractivity contribution in [3.63, 3.8) is 0 Å². The Balaban J connectivity index is 4.15. The van der Waals surface area contributed by atoms with Crippen LogP contribution < -0.4 is 5.32 Å². The van der Waals surface area contributed by atoms with Gasteiger partial charge in [-0.05, 0) is 89.9 Å². The number of rotatable bonds is 60. The first kappa shape index (κ1) is 76.4. The summed E-state index contributed by atoms with van der Waals surface area (Å²) in [6.07, 6.45) is 86.9. The van der Waals surface area contributed by atoms with Crippen LogP contribution >= 0.6 is 7.82 Å². The highest BCUT2D eigenvalue weighted by Gasteiger charge is 2.27. The van der Waals surface area contributed by atoms with Crippen LogP contribution in [0.4, 0.5) is 0 Å². The van der Waals surface area contributed by atoms with Gasteiger partial charge in [-0.2, -0.15) is 0 Å². The molecule has 0 rings (SSSR count). The van der Waals surface area contributed by atoms with Gasteiger partial charge in [-0.15, -0.1) is 0 Å². The van der Waals surface area contributed by atoms with E-state index in [-0.39, 0.29) is 19.1 Å².